The molecule has 0 unspecified atom stereocenters. The molecule has 0 aliphatic rings. The van der Waals surface area contributed by atoms with Gasteiger partial charge in [0.05, 0.1) is 6.42 Å². The lowest BCUT2D eigenvalue weighted by Crippen LogP contribution is -2.17. The Balaban J connectivity index is 0.00000289. The van der Waals surface area contributed by atoms with E-state index >= 15 is 0 Å². The summed E-state index contributed by atoms with van der Waals surface area (Å²) in [7, 11) is 0. The maximum atomic E-state index is 12.1. The van der Waals surface area contributed by atoms with Gasteiger partial charge in [-0.3, -0.25) is 4.79 Å². The molecule has 18 heavy (non-hydrogen) atoms. The molecule has 0 aliphatic carbocycles. The van der Waals surface area contributed by atoms with Gasteiger partial charge in [-0.25, -0.2) is 0 Å². The van der Waals surface area contributed by atoms with Crippen LogP contribution in [0.5, 0.6) is 5.75 Å². The van der Waals surface area contributed by atoms with Crippen LogP contribution in [0.15, 0.2) is 18.2 Å². The van der Waals surface area contributed by atoms with Crippen molar-refractivity contribution in [3.63, 3.8) is 0 Å². The van der Waals surface area contributed by atoms with Crippen molar-refractivity contribution in [2.75, 3.05) is 0 Å². The molecule has 1 rings (SSSR count). The molecule has 0 saturated heterocycles. The Morgan fingerprint density at radius 2 is 2.11 bits per heavy atom. The van der Waals surface area contributed by atoms with Crippen LogP contribution in [0.3, 0.4) is 0 Å². The van der Waals surface area contributed by atoms with Crippen LogP contribution in [-0.2, 0) is 4.79 Å². The van der Waals surface area contributed by atoms with Gasteiger partial charge in [0, 0.05) is 16.6 Å². The van der Waals surface area contributed by atoms with Gasteiger partial charge in [0.1, 0.15) is 5.75 Å². The van der Waals surface area contributed by atoms with Crippen molar-refractivity contribution < 1.29 is 23.4 Å². The molecule has 102 valence electrons. The number of rotatable bonds is 5. The van der Waals surface area contributed by atoms with Crippen LogP contribution in [0.25, 0.3) is 0 Å². The lowest BCUT2D eigenvalue weighted by molar-refractivity contribution is -0.137. The third kappa shape index (κ3) is 4.64. The van der Waals surface area contributed by atoms with Crippen molar-refractivity contribution in [2.24, 2.45) is 5.73 Å². The van der Waals surface area contributed by atoms with Gasteiger partial charge in [0.25, 0.3) is 0 Å². The van der Waals surface area contributed by atoms with Crippen LogP contribution in [0.2, 0.25) is 5.02 Å². The molecule has 1 aromatic rings. The number of alkyl halides is 2. The van der Waals surface area contributed by atoms with Crippen molar-refractivity contribution >= 4 is 30.0 Å². The lowest BCUT2D eigenvalue weighted by Gasteiger charge is -2.16. The van der Waals surface area contributed by atoms with E-state index in [1.165, 1.54) is 18.2 Å². The van der Waals surface area contributed by atoms with Gasteiger partial charge >= 0.3 is 12.6 Å². The van der Waals surface area contributed by atoms with Crippen molar-refractivity contribution in [3.05, 3.63) is 28.8 Å². The second kappa shape index (κ2) is 7.35. The molecule has 0 aliphatic heterocycles. The Labute approximate surface area is 113 Å². The average molecular weight is 302 g/mol. The van der Waals surface area contributed by atoms with Gasteiger partial charge in [0.15, 0.2) is 0 Å². The fourth-order valence-corrected chi connectivity index (χ4v) is 1.67. The molecule has 1 aromatic carbocycles. The minimum atomic E-state index is -3.02. The maximum Gasteiger partial charge on any atom is 0.387 e. The van der Waals surface area contributed by atoms with Crippen LogP contribution in [0.4, 0.5) is 8.78 Å². The largest absolute Gasteiger partial charge is 0.481 e. The number of carboxylic acid groups (broad SMARTS) is 1. The van der Waals surface area contributed by atoms with Crippen LogP contribution < -0.4 is 10.5 Å². The highest BCUT2D eigenvalue weighted by atomic mass is 35.5. The zero-order chi connectivity index (χ0) is 13.0. The SMILES string of the molecule is Cl.N[C@H](CC(=O)O)c1c(Cl)cccc1OC(F)F. The third-order valence-electron chi connectivity index (χ3n) is 1.99. The molecule has 4 nitrogen and oxygen atoms in total. The number of halogens is 4. The van der Waals surface area contributed by atoms with Gasteiger partial charge < -0.3 is 15.6 Å². The quantitative estimate of drug-likeness (QED) is 0.877. The predicted molar refractivity (Wildman–Crippen MR) is 64.5 cm³/mol. The summed E-state index contributed by atoms with van der Waals surface area (Å²) in [6, 6.07) is 3.10. The van der Waals surface area contributed by atoms with Gasteiger partial charge in [-0.2, -0.15) is 8.78 Å². The first kappa shape index (κ1) is 16.9. The van der Waals surface area contributed by atoms with Crippen molar-refractivity contribution in [2.45, 2.75) is 19.1 Å². The number of benzene rings is 1. The number of nitrogens with two attached hydrogens (primary N) is 1. The van der Waals surface area contributed by atoms with E-state index in [1.807, 2.05) is 0 Å². The van der Waals surface area contributed by atoms with E-state index in [2.05, 4.69) is 4.74 Å². The van der Waals surface area contributed by atoms with Crippen LogP contribution >= 0.6 is 24.0 Å². The minimum absolute atomic E-state index is 0. The fourth-order valence-electron chi connectivity index (χ4n) is 1.37. The summed E-state index contributed by atoms with van der Waals surface area (Å²) in [4.78, 5) is 10.5. The van der Waals surface area contributed by atoms with E-state index in [-0.39, 0.29) is 28.7 Å². The summed E-state index contributed by atoms with van der Waals surface area (Å²) in [6.45, 7) is -3.02. The second-order valence-corrected chi connectivity index (χ2v) is 3.64. The Morgan fingerprint density at radius 1 is 1.50 bits per heavy atom. The minimum Gasteiger partial charge on any atom is -0.481 e. The number of carboxylic acids is 1. The molecule has 3 N–H and O–H groups in total. The maximum absolute atomic E-state index is 12.1. The molecular weight excluding hydrogens is 291 g/mol. The first-order valence-corrected chi connectivity index (χ1v) is 5.00. The lowest BCUT2D eigenvalue weighted by atomic mass is 10.0. The number of carbonyl (C=O) groups is 1. The number of hydrogen-bond donors (Lipinski definition) is 2. The summed E-state index contributed by atoms with van der Waals surface area (Å²) in [6.07, 6.45) is -0.427. The van der Waals surface area contributed by atoms with Crippen LogP contribution in [-0.4, -0.2) is 17.7 Å². The van der Waals surface area contributed by atoms with Gasteiger partial charge in [-0.05, 0) is 12.1 Å². The van der Waals surface area contributed by atoms with E-state index in [1.54, 1.807) is 0 Å². The average Bonchev–Trinajstić information content (AvgIpc) is 2.14. The first-order chi connectivity index (χ1) is 7.91. The molecule has 0 spiro atoms. The molecule has 1 atom stereocenters. The predicted octanol–water partition coefficient (Wildman–Crippen LogP) is 2.84. The number of hydrogen-bond acceptors (Lipinski definition) is 3. The highest BCUT2D eigenvalue weighted by Gasteiger charge is 2.20. The fraction of sp³-hybridized carbons (Fsp3) is 0.300. The highest BCUT2D eigenvalue weighted by Crippen LogP contribution is 2.33. The molecule has 0 saturated carbocycles. The van der Waals surface area contributed by atoms with Crippen molar-refractivity contribution in [3.8, 4) is 5.75 Å². The van der Waals surface area contributed by atoms with Crippen LogP contribution in [0, 0.1) is 0 Å². The molecule has 0 aromatic heterocycles. The Hall–Kier alpha value is -1.11. The Bertz CT molecular complexity index is 418. The van der Waals surface area contributed by atoms with E-state index < -0.39 is 25.0 Å². The summed E-state index contributed by atoms with van der Waals surface area (Å²) in [5.41, 5.74) is 5.65. The van der Waals surface area contributed by atoms with Gasteiger partial charge in [-0.1, -0.05) is 17.7 Å². The van der Waals surface area contributed by atoms with Crippen LogP contribution in [0.1, 0.15) is 18.0 Å². The van der Waals surface area contributed by atoms with Crippen molar-refractivity contribution in [1.82, 2.24) is 0 Å². The summed E-state index contributed by atoms with van der Waals surface area (Å²) in [5.74, 6) is -1.36. The zero-order valence-corrected chi connectivity index (χ0v) is 10.5. The second-order valence-electron chi connectivity index (χ2n) is 3.23. The summed E-state index contributed by atoms with van der Waals surface area (Å²) < 4.78 is 28.5. The molecule has 0 fully saturated rings. The Kier molecular flexibility index (Phi) is 6.90. The van der Waals surface area contributed by atoms with Gasteiger partial charge in [-0.15, -0.1) is 12.4 Å². The third-order valence-corrected chi connectivity index (χ3v) is 2.32. The highest BCUT2D eigenvalue weighted by molar-refractivity contribution is 6.31. The summed E-state index contributed by atoms with van der Waals surface area (Å²) >= 11 is 5.79. The number of aliphatic carboxylic acids is 1. The molecule has 8 heteroatoms. The Morgan fingerprint density at radius 3 is 2.61 bits per heavy atom. The molecule has 0 heterocycles. The monoisotopic (exact) mass is 301 g/mol. The standard InChI is InChI=1S/C10H10ClF2NO3.ClH/c11-5-2-1-3-7(17-10(12)13)9(5)6(14)4-8(15)16;/h1-3,6,10H,4,14H2,(H,15,16);1H/t6-;/m1./s1. The van der Waals surface area contributed by atoms with Gasteiger partial charge in [0.2, 0.25) is 0 Å². The summed E-state index contributed by atoms with van der Waals surface area (Å²) in [5, 5.41) is 8.69. The van der Waals surface area contributed by atoms with E-state index in [0.29, 0.717) is 0 Å². The zero-order valence-electron chi connectivity index (χ0n) is 8.98. The normalized spacial score (nSPS) is 11.8. The van der Waals surface area contributed by atoms with E-state index in [9.17, 15) is 13.6 Å². The molecule has 0 radical (unpaired) electrons. The molecule has 0 bridgehead atoms. The van der Waals surface area contributed by atoms with E-state index in [0.717, 1.165) is 0 Å². The van der Waals surface area contributed by atoms with E-state index in [4.69, 9.17) is 22.4 Å². The first-order valence-electron chi connectivity index (χ1n) is 4.62. The molecular formula is C10H11Cl2F2NO3. The van der Waals surface area contributed by atoms with Crippen molar-refractivity contribution in [1.29, 1.82) is 0 Å². The number of ether oxygens (including phenoxy) is 1. The molecule has 0 amide bonds. The smallest absolute Gasteiger partial charge is 0.387 e. The topological polar surface area (TPSA) is 72.6 Å².